The van der Waals surface area contributed by atoms with E-state index in [2.05, 4.69) is 40.7 Å². The minimum atomic E-state index is -0.0232. The van der Waals surface area contributed by atoms with Crippen molar-refractivity contribution in [2.75, 3.05) is 14.2 Å². The molecule has 3 nitrogen and oxygen atoms in total. The Labute approximate surface area is 151 Å². The Bertz CT molecular complexity index is 714. The van der Waals surface area contributed by atoms with Crippen molar-refractivity contribution in [1.82, 2.24) is 0 Å². The fourth-order valence-corrected chi connectivity index (χ4v) is 3.99. The van der Waals surface area contributed by atoms with Gasteiger partial charge in [-0.25, -0.2) is 0 Å². The van der Waals surface area contributed by atoms with Crippen LogP contribution in [-0.4, -0.2) is 19.0 Å². The van der Waals surface area contributed by atoms with Gasteiger partial charge in [0.05, 0.1) is 31.3 Å². The summed E-state index contributed by atoms with van der Waals surface area (Å²) in [5, 5.41) is 0. The predicted molar refractivity (Wildman–Crippen MR) is 99.2 cm³/mol. The highest BCUT2D eigenvalue weighted by molar-refractivity contribution is 9.09. The topological polar surface area (TPSA) is 27.7 Å². The Morgan fingerprint density at radius 2 is 1.83 bits per heavy atom. The molecule has 0 N–H and O–H groups in total. The molecule has 0 bridgehead atoms. The molecule has 2 aromatic rings. The lowest BCUT2D eigenvalue weighted by Crippen LogP contribution is -2.37. The Balaban J connectivity index is 1.92. The number of alkyl halides is 1. The number of halogens is 1. The zero-order valence-electron chi connectivity index (χ0n) is 13.9. The lowest BCUT2D eigenvalue weighted by atomic mass is 9.88. The summed E-state index contributed by atoms with van der Waals surface area (Å²) < 4.78 is 17.2. The maximum atomic E-state index is 6.21. The van der Waals surface area contributed by atoms with Gasteiger partial charge in [0.2, 0.25) is 0 Å². The predicted octanol–water partition coefficient (Wildman–Crippen LogP) is 5.01. The van der Waals surface area contributed by atoms with Crippen molar-refractivity contribution in [2.45, 2.75) is 23.5 Å². The summed E-state index contributed by atoms with van der Waals surface area (Å²) in [4.78, 5) is 0.210. The summed E-state index contributed by atoms with van der Waals surface area (Å²) in [6.45, 7) is 3.86. The molecule has 1 saturated heterocycles. The third-order valence-electron chi connectivity index (χ3n) is 4.34. The van der Waals surface area contributed by atoms with E-state index in [0.717, 1.165) is 22.6 Å². The van der Waals surface area contributed by atoms with Gasteiger partial charge < -0.3 is 14.2 Å². The molecule has 0 radical (unpaired) electrons. The second-order valence-corrected chi connectivity index (χ2v) is 6.75. The van der Waals surface area contributed by atoms with Crippen molar-refractivity contribution in [3.8, 4) is 11.5 Å². The van der Waals surface area contributed by atoms with Crippen LogP contribution >= 0.6 is 15.9 Å². The molecule has 0 aromatic heterocycles. The van der Waals surface area contributed by atoms with Gasteiger partial charge in [-0.3, -0.25) is 0 Å². The molecule has 1 heterocycles. The third kappa shape index (κ3) is 2.96. The first-order valence-electron chi connectivity index (χ1n) is 7.90. The van der Waals surface area contributed by atoms with Gasteiger partial charge in [-0.15, -0.1) is 6.58 Å². The van der Waals surface area contributed by atoms with E-state index in [1.165, 1.54) is 5.56 Å². The van der Waals surface area contributed by atoms with Crippen LogP contribution in [0.4, 0.5) is 0 Å². The molecule has 3 atom stereocenters. The molecule has 1 fully saturated rings. The molecule has 4 heteroatoms. The maximum Gasteiger partial charge on any atom is 0.164 e. The van der Waals surface area contributed by atoms with Crippen molar-refractivity contribution in [3.63, 3.8) is 0 Å². The number of allylic oxidation sites excluding steroid dienone is 1. The summed E-state index contributed by atoms with van der Waals surface area (Å²) >= 11 is 3.81. The minimum Gasteiger partial charge on any atom is -0.493 e. The first-order chi connectivity index (χ1) is 11.7. The summed E-state index contributed by atoms with van der Waals surface area (Å²) in [5.74, 6) is 1.48. The average molecular weight is 389 g/mol. The van der Waals surface area contributed by atoms with E-state index in [9.17, 15) is 0 Å². The van der Waals surface area contributed by atoms with E-state index in [-0.39, 0.29) is 17.0 Å². The fourth-order valence-electron chi connectivity index (χ4n) is 3.15. The van der Waals surface area contributed by atoms with Crippen LogP contribution in [0.25, 0.3) is 0 Å². The normalized spacial score (nSPS) is 22.5. The molecule has 0 saturated carbocycles. The molecule has 3 rings (SSSR count). The zero-order valence-corrected chi connectivity index (χ0v) is 15.5. The Morgan fingerprint density at radius 3 is 2.42 bits per heavy atom. The van der Waals surface area contributed by atoms with E-state index in [4.69, 9.17) is 14.2 Å². The van der Waals surface area contributed by atoms with E-state index < -0.39 is 0 Å². The monoisotopic (exact) mass is 388 g/mol. The fraction of sp³-hybridized carbons (Fsp3) is 0.300. The molecular formula is C20H21BrO3. The van der Waals surface area contributed by atoms with Gasteiger partial charge in [0.1, 0.15) is 0 Å². The summed E-state index contributed by atoms with van der Waals surface area (Å²) in [6, 6.07) is 14.2. The molecule has 0 unspecified atom stereocenters. The van der Waals surface area contributed by atoms with Crippen LogP contribution in [0.2, 0.25) is 0 Å². The largest absolute Gasteiger partial charge is 0.493 e. The van der Waals surface area contributed by atoms with Crippen LogP contribution in [0, 0.1) is 0 Å². The van der Waals surface area contributed by atoms with Crippen LogP contribution in [0.15, 0.2) is 55.1 Å². The van der Waals surface area contributed by atoms with Crippen molar-refractivity contribution in [3.05, 3.63) is 71.8 Å². The number of rotatable bonds is 6. The van der Waals surface area contributed by atoms with Crippen molar-refractivity contribution >= 4 is 15.9 Å². The van der Waals surface area contributed by atoms with E-state index >= 15 is 0 Å². The van der Waals surface area contributed by atoms with Gasteiger partial charge >= 0.3 is 0 Å². The summed E-state index contributed by atoms with van der Waals surface area (Å²) in [6.07, 6.45) is 2.61. The number of benzene rings is 2. The van der Waals surface area contributed by atoms with Crippen LogP contribution < -0.4 is 9.47 Å². The first kappa shape index (κ1) is 17.1. The summed E-state index contributed by atoms with van der Waals surface area (Å²) in [7, 11) is 3.31. The lowest BCUT2D eigenvalue weighted by molar-refractivity contribution is -0.119. The second-order valence-electron chi connectivity index (χ2n) is 5.69. The smallest absolute Gasteiger partial charge is 0.164 e. The van der Waals surface area contributed by atoms with Gasteiger partial charge in [-0.2, -0.15) is 0 Å². The Morgan fingerprint density at radius 1 is 1.08 bits per heavy atom. The lowest BCUT2D eigenvalue weighted by Gasteiger charge is -2.43. The van der Waals surface area contributed by atoms with Gasteiger partial charge in [0, 0.05) is 5.56 Å². The van der Waals surface area contributed by atoms with Crippen molar-refractivity contribution in [1.29, 1.82) is 0 Å². The standard InChI is InChI=1S/C20H21BrO3/c1-4-8-14-15(11-12-16(22-2)19(14)23-3)20-17(21)18(24-20)13-9-6-5-7-10-13/h4-7,9-12,17-18,20H,1,8H2,2-3H3/t17-,18-,20+/m0/s1. The van der Waals surface area contributed by atoms with Gasteiger partial charge in [0.15, 0.2) is 11.5 Å². The molecule has 2 aromatic carbocycles. The molecule has 1 aliphatic rings. The first-order valence-corrected chi connectivity index (χ1v) is 8.82. The maximum absolute atomic E-state index is 6.21. The van der Waals surface area contributed by atoms with Gasteiger partial charge in [0.25, 0.3) is 0 Å². The average Bonchev–Trinajstić information content (AvgIpc) is 2.62. The minimum absolute atomic E-state index is 0.0232. The highest BCUT2D eigenvalue weighted by Crippen LogP contribution is 2.51. The van der Waals surface area contributed by atoms with Gasteiger partial charge in [-0.1, -0.05) is 58.4 Å². The molecule has 0 amide bonds. The van der Waals surface area contributed by atoms with E-state index in [1.54, 1.807) is 14.2 Å². The van der Waals surface area contributed by atoms with Crippen LogP contribution in [-0.2, 0) is 11.2 Å². The van der Waals surface area contributed by atoms with Crippen molar-refractivity contribution in [2.24, 2.45) is 0 Å². The molecule has 1 aliphatic heterocycles. The highest BCUT2D eigenvalue weighted by atomic mass is 79.9. The number of hydrogen-bond donors (Lipinski definition) is 0. The number of ether oxygens (including phenoxy) is 3. The highest BCUT2D eigenvalue weighted by Gasteiger charge is 2.43. The Kier molecular flexibility index (Phi) is 5.27. The van der Waals surface area contributed by atoms with Crippen LogP contribution in [0.5, 0.6) is 11.5 Å². The second kappa shape index (κ2) is 7.41. The number of methoxy groups -OCH3 is 2. The van der Waals surface area contributed by atoms with Gasteiger partial charge in [-0.05, 0) is 23.6 Å². The van der Waals surface area contributed by atoms with Crippen molar-refractivity contribution < 1.29 is 14.2 Å². The summed E-state index contributed by atoms with van der Waals surface area (Å²) in [5.41, 5.74) is 3.36. The SMILES string of the molecule is C=CCc1c([C@H]2O[C@@H](c3ccccc3)[C@@H]2Br)ccc(OC)c1OC. The molecule has 0 spiro atoms. The molecule has 126 valence electrons. The molecule has 24 heavy (non-hydrogen) atoms. The zero-order chi connectivity index (χ0) is 17.1. The number of hydrogen-bond acceptors (Lipinski definition) is 3. The Hall–Kier alpha value is -1.78. The quantitative estimate of drug-likeness (QED) is 0.514. The van der Waals surface area contributed by atoms with Crippen LogP contribution in [0.1, 0.15) is 28.9 Å². The van der Waals surface area contributed by atoms with E-state index in [0.29, 0.717) is 6.42 Å². The molecular weight excluding hydrogens is 368 g/mol. The van der Waals surface area contributed by atoms with E-state index in [1.807, 2.05) is 30.3 Å². The third-order valence-corrected chi connectivity index (χ3v) is 5.30. The van der Waals surface area contributed by atoms with Crippen LogP contribution in [0.3, 0.4) is 0 Å². The molecule has 0 aliphatic carbocycles.